The molecule has 0 saturated carbocycles. The van der Waals surface area contributed by atoms with Crippen molar-refractivity contribution in [1.29, 1.82) is 0 Å². The molecule has 0 spiro atoms. The van der Waals surface area contributed by atoms with E-state index < -0.39 is 61.1 Å². The molecule has 0 aliphatic heterocycles. The molecule has 0 heterocycles. The van der Waals surface area contributed by atoms with Gasteiger partial charge in [-0.3, -0.25) is 4.79 Å². The Morgan fingerprint density at radius 3 is 1.54 bits per heavy atom. The molecular formula is C13H12F13NO. The lowest BCUT2D eigenvalue weighted by molar-refractivity contribution is -0.440. The van der Waals surface area contributed by atoms with E-state index in [0.717, 1.165) is 7.05 Å². The Morgan fingerprint density at radius 2 is 1.18 bits per heavy atom. The van der Waals surface area contributed by atoms with Crippen molar-refractivity contribution in [3.63, 3.8) is 0 Å². The first kappa shape index (κ1) is 26.3. The minimum atomic E-state index is -7.90. The highest BCUT2D eigenvalue weighted by atomic mass is 19.4. The van der Waals surface area contributed by atoms with Gasteiger partial charge in [-0.25, -0.2) is 0 Å². The van der Waals surface area contributed by atoms with Gasteiger partial charge in [0.25, 0.3) is 0 Å². The lowest BCUT2D eigenvalue weighted by Crippen LogP contribution is -2.70. The number of hydrogen-bond acceptors (Lipinski definition) is 1. The summed E-state index contributed by atoms with van der Waals surface area (Å²) in [5.74, 6) is -37.8. The van der Waals surface area contributed by atoms with Gasteiger partial charge in [-0.1, -0.05) is 6.58 Å². The summed E-state index contributed by atoms with van der Waals surface area (Å²) in [6.07, 6.45) is -10.3. The summed E-state index contributed by atoms with van der Waals surface area (Å²) in [6.45, 7) is 2.18. The maximum atomic E-state index is 13.4. The number of alkyl halides is 13. The maximum absolute atomic E-state index is 13.4. The molecule has 0 atom stereocenters. The Kier molecular flexibility index (Phi) is 7.15. The summed E-state index contributed by atoms with van der Waals surface area (Å²) in [4.78, 5) is 11.6. The van der Waals surface area contributed by atoms with Gasteiger partial charge in [0.1, 0.15) is 0 Å². The molecule has 0 rings (SSSR count). The molecule has 0 N–H and O–H groups in total. The van der Waals surface area contributed by atoms with Gasteiger partial charge in [0.15, 0.2) is 0 Å². The number of amides is 1. The Labute approximate surface area is 149 Å². The number of carbonyl (C=O) groups excluding carboxylic acids is 1. The topological polar surface area (TPSA) is 20.3 Å². The van der Waals surface area contributed by atoms with Crippen molar-refractivity contribution < 1.29 is 61.9 Å². The molecule has 0 saturated heterocycles. The molecule has 0 bridgehead atoms. The molecule has 0 aromatic rings. The normalized spacial score (nSPS) is 14.8. The number of likely N-dealkylation sites (N-methyl/N-ethyl adjacent to an activating group) is 1. The fourth-order valence-corrected chi connectivity index (χ4v) is 1.76. The molecule has 0 aromatic carbocycles. The third-order valence-electron chi connectivity index (χ3n) is 3.53. The third-order valence-corrected chi connectivity index (χ3v) is 3.53. The number of hydrogen-bond donors (Lipinski definition) is 0. The van der Waals surface area contributed by atoms with E-state index in [0.29, 0.717) is 11.0 Å². The van der Waals surface area contributed by atoms with Gasteiger partial charge < -0.3 is 4.90 Å². The lowest BCUT2D eigenvalue weighted by Gasteiger charge is -2.39. The van der Waals surface area contributed by atoms with Gasteiger partial charge in [0.05, 0.1) is 0 Å². The SMILES string of the molecule is C=CC(=O)N(C)CCCC(F)(F)C(F)(F)C(F)(F)C(F)(F)C(F)(F)C(F)(F)F. The zero-order valence-corrected chi connectivity index (χ0v) is 13.7. The second kappa shape index (κ2) is 7.61. The molecule has 28 heavy (non-hydrogen) atoms. The molecule has 0 radical (unpaired) electrons. The van der Waals surface area contributed by atoms with Gasteiger partial charge in [0, 0.05) is 20.0 Å². The Bertz CT molecular complexity index is 581. The third kappa shape index (κ3) is 4.16. The average molecular weight is 445 g/mol. The van der Waals surface area contributed by atoms with Gasteiger partial charge >= 0.3 is 35.8 Å². The van der Waals surface area contributed by atoms with E-state index in [1.165, 1.54) is 0 Å². The van der Waals surface area contributed by atoms with E-state index in [-0.39, 0.29) is 0 Å². The highest BCUT2D eigenvalue weighted by Gasteiger charge is 2.90. The molecule has 0 aliphatic rings. The maximum Gasteiger partial charge on any atom is 0.460 e. The minimum Gasteiger partial charge on any atom is -0.342 e. The van der Waals surface area contributed by atoms with Crippen LogP contribution in [0.5, 0.6) is 0 Å². The van der Waals surface area contributed by atoms with Crippen LogP contribution in [0.3, 0.4) is 0 Å². The smallest absolute Gasteiger partial charge is 0.342 e. The fraction of sp³-hybridized carbons (Fsp3) is 0.769. The summed E-state index contributed by atoms with van der Waals surface area (Å²) in [5.41, 5.74) is 0. The van der Waals surface area contributed by atoms with E-state index in [1.807, 2.05) is 0 Å². The summed E-state index contributed by atoms with van der Waals surface area (Å²) in [6, 6.07) is 0. The standard InChI is InChI=1S/C13H12F13NO/c1-3-7(28)27(2)6-4-5-8(14,15)9(16,17)10(18,19)11(20,21)12(22,23)13(24,25)26/h3H,1,4-6H2,2H3. The van der Waals surface area contributed by atoms with Crippen LogP contribution in [0.25, 0.3) is 0 Å². The minimum absolute atomic E-state index is 0.589. The van der Waals surface area contributed by atoms with E-state index in [2.05, 4.69) is 6.58 Å². The molecule has 166 valence electrons. The lowest BCUT2D eigenvalue weighted by atomic mass is 9.92. The summed E-state index contributed by atoms with van der Waals surface area (Å²) < 4.78 is 167. The number of halogens is 13. The van der Waals surface area contributed by atoms with Gasteiger partial charge in [-0.05, 0) is 12.5 Å². The van der Waals surface area contributed by atoms with Gasteiger partial charge in [0.2, 0.25) is 5.91 Å². The molecule has 15 heteroatoms. The molecule has 0 aromatic heterocycles. The van der Waals surface area contributed by atoms with Crippen molar-refractivity contribution in [2.45, 2.75) is 48.6 Å². The Balaban J connectivity index is 5.74. The predicted octanol–water partition coefficient (Wildman–Crippen LogP) is 5.15. The van der Waals surface area contributed by atoms with E-state index in [4.69, 9.17) is 0 Å². The molecule has 0 aliphatic carbocycles. The molecule has 0 fully saturated rings. The van der Waals surface area contributed by atoms with Crippen molar-refractivity contribution in [1.82, 2.24) is 4.90 Å². The zero-order valence-electron chi connectivity index (χ0n) is 13.7. The van der Waals surface area contributed by atoms with E-state index >= 15 is 0 Å². The number of rotatable bonds is 9. The van der Waals surface area contributed by atoms with Crippen LogP contribution in [0.1, 0.15) is 12.8 Å². The monoisotopic (exact) mass is 445 g/mol. The van der Waals surface area contributed by atoms with Crippen molar-refractivity contribution in [2.75, 3.05) is 13.6 Å². The van der Waals surface area contributed by atoms with Crippen LogP contribution in [0.4, 0.5) is 57.1 Å². The Morgan fingerprint density at radius 1 is 0.786 bits per heavy atom. The van der Waals surface area contributed by atoms with Crippen LogP contribution in [0, 0.1) is 0 Å². The fourth-order valence-electron chi connectivity index (χ4n) is 1.76. The summed E-state index contributed by atoms with van der Waals surface area (Å²) in [5, 5.41) is 0. The Hall–Kier alpha value is -1.70. The van der Waals surface area contributed by atoms with Crippen molar-refractivity contribution in [3.05, 3.63) is 12.7 Å². The van der Waals surface area contributed by atoms with Gasteiger partial charge in [-0.15, -0.1) is 0 Å². The average Bonchev–Trinajstić information content (AvgIpc) is 2.51. The van der Waals surface area contributed by atoms with Crippen LogP contribution in [0.15, 0.2) is 12.7 Å². The highest BCUT2D eigenvalue weighted by Crippen LogP contribution is 2.60. The summed E-state index contributed by atoms with van der Waals surface area (Å²) in [7, 11) is 0.937. The quantitative estimate of drug-likeness (QED) is 0.355. The van der Waals surface area contributed by atoms with Gasteiger partial charge in [-0.2, -0.15) is 57.1 Å². The van der Waals surface area contributed by atoms with E-state index in [1.54, 1.807) is 0 Å². The molecule has 2 nitrogen and oxygen atoms in total. The highest BCUT2D eigenvalue weighted by molar-refractivity contribution is 5.86. The van der Waals surface area contributed by atoms with Crippen molar-refractivity contribution in [3.8, 4) is 0 Å². The number of nitrogens with zero attached hydrogens (tertiary/aromatic N) is 1. The second-order valence-electron chi connectivity index (χ2n) is 5.57. The first-order valence-electron chi connectivity index (χ1n) is 6.95. The van der Waals surface area contributed by atoms with Crippen molar-refractivity contribution in [2.24, 2.45) is 0 Å². The number of carbonyl (C=O) groups is 1. The van der Waals surface area contributed by atoms with Crippen molar-refractivity contribution >= 4 is 5.91 Å². The predicted molar refractivity (Wildman–Crippen MR) is 67.9 cm³/mol. The summed E-state index contributed by atoms with van der Waals surface area (Å²) >= 11 is 0. The largest absolute Gasteiger partial charge is 0.460 e. The van der Waals surface area contributed by atoms with Crippen LogP contribution >= 0.6 is 0 Å². The molecule has 1 amide bonds. The van der Waals surface area contributed by atoms with Crippen LogP contribution in [0.2, 0.25) is 0 Å². The first-order valence-corrected chi connectivity index (χ1v) is 6.95. The van der Waals surface area contributed by atoms with Crippen LogP contribution in [-0.4, -0.2) is 60.2 Å². The molecular weight excluding hydrogens is 433 g/mol. The first-order chi connectivity index (χ1) is 12.1. The van der Waals surface area contributed by atoms with E-state index in [9.17, 15) is 61.9 Å². The molecule has 0 unspecified atom stereocenters. The zero-order chi connectivity index (χ0) is 23.0. The van der Waals surface area contributed by atoms with Crippen LogP contribution in [-0.2, 0) is 4.79 Å². The van der Waals surface area contributed by atoms with Crippen LogP contribution < -0.4 is 0 Å². The second-order valence-corrected chi connectivity index (χ2v) is 5.57.